The van der Waals surface area contributed by atoms with Crippen molar-refractivity contribution in [2.24, 2.45) is 4.99 Å². The zero-order chi connectivity index (χ0) is 17.9. The second-order valence-electron chi connectivity index (χ2n) is 6.50. The van der Waals surface area contributed by atoms with Gasteiger partial charge in [0.15, 0.2) is 0 Å². The third kappa shape index (κ3) is 3.52. The standard InChI is InChI=1S/C20H20FN3O2/c21-17-2-1-3-18-19(17)16(20(25)23-18)12-22-15-6-4-14(5-7-15)13-24-8-10-26-11-9-24/h1-7,12,16H,8-11,13H2,(H,23,25). The smallest absolute Gasteiger partial charge is 0.237 e. The summed E-state index contributed by atoms with van der Waals surface area (Å²) in [5, 5.41) is 2.69. The van der Waals surface area contributed by atoms with Crippen LogP contribution in [-0.4, -0.2) is 43.3 Å². The number of hydrogen-bond acceptors (Lipinski definition) is 4. The van der Waals surface area contributed by atoms with Crippen LogP contribution in [0, 0.1) is 5.82 Å². The van der Waals surface area contributed by atoms with Gasteiger partial charge in [0.05, 0.1) is 18.9 Å². The minimum absolute atomic E-state index is 0.252. The molecule has 26 heavy (non-hydrogen) atoms. The highest BCUT2D eigenvalue weighted by Gasteiger charge is 2.31. The number of nitrogens with zero attached hydrogens (tertiary/aromatic N) is 2. The zero-order valence-electron chi connectivity index (χ0n) is 14.3. The van der Waals surface area contributed by atoms with Crippen molar-refractivity contribution in [1.29, 1.82) is 0 Å². The van der Waals surface area contributed by atoms with Crippen LogP contribution in [0.25, 0.3) is 0 Å². The molecule has 2 aromatic rings. The first-order chi connectivity index (χ1) is 12.7. The van der Waals surface area contributed by atoms with E-state index >= 15 is 0 Å². The van der Waals surface area contributed by atoms with Crippen molar-refractivity contribution in [3.63, 3.8) is 0 Å². The van der Waals surface area contributed by atoms with Gasteiger partial charge in [-0.1, -0.05) is 18.2 Å². The van der Waals surface area contributed by atoms with E-state index in [0.29, 0.717) is 11.3 Å². The topological polar surface area (TPSA) is 53.9 Å². The van der Waals surface area contributed by atoms with E-state index in [1.54, 1.807) is 12.1 Å². The number of halogens is 1. The molecule has 1 atom stereocenters. The molecule has 2 aliphatic heterocycles. The fraction of sp³-hybridized carbons (Fsp3) is 0.300. The Morgan fingerprint density at radius 1 is 1.19 bits per heavy atom. The molecule has 5 nitrogen and oxygen atoms in total. The summed E-state index contributed by atoms with van der Waals surface area (Å²) in [6.45, 7) is 4.34. The van der Waals surface area contributed by atoms with Crippen LogP contribution in [0.15, 0.2) is 47.5 Å². The molecule has 6 heteroatoms. The lowest BCUT2D eigenvalue weighted by atomic mass is 10.0. The van der Waals surface area contributed by atoms with E-state index in [1.165, 1.54) is 17.8 Å². The maximum Gasteiger partial charge on any atom is 0.237 e. The molecule has 0 bridgehead atoms. The molecular formula is C20H20FN3O2. The summed E-state index contributed by atoms with van der Waals surface area (Å²) in [5.74, 6) is -1.34. The quantitative estimate of drug-likeness (QED) is 0.860. The third-order valence-corrected chi connectivity index (χ3v) is 4.72. The van der Waals surface area contributed by atoms with Gasteiger partial charge in [-0.05, 0) is 29.8 Å². The largest absolute Gasteiger partial charge is 0.379 e. The van der Waals surface area contributed by atoms with Gasteiger partial charge in [-0.3, -0.25) is 14.7 Å². The molecule has 1 N–H and O–H groups in total. The number of carbonyl (C=O) groups excluding carboxylic acids is 1. The molecule has 0 aliphatic carbocycles. The number of fused-ring (bicyclic) bond motifs is 1. The van der Waals surface area contributed by atoms with Crippen molar-refractivity contribution in [3.05, 3.63) is 59.4 Å². The predicted molar refractivity (Wildman–Crippen MR) is 98.5 cm³/mol. The van der Waals surface area contributed by atoms with Gasteiger partial charge in [0.2, 0.25) is 5.91 Å². The Kier molecular flexibility index (Phi) is 4.77. The van der Waals surface area contributed by atoms with Crippen LogP contribution in [-0.2, 0) is 16.1 Å². The van der Waals surface area contributed by atoms with Gasteiger partial charge in [-0.2, -0.15) is 0 Å². The minimum atomic E-state index is -0.695. The zero-order valence-corrected chi connectivity index (χ0v) is 14.3. The number of nitrogens with one attached hydrogen (secondary N) is 1. The van der Waals surface area contributed by atoms with Crippen molar-refractivity contribution in [2.75, 3.05) is 31.6 Å². The molecule has 0 saturated carbocycles. The molecule has 4 rings (SSSR count). The molecule has 2 aliphatic rings. The van der Waals surface area contributed by atoms with Crippen LogP contribution in [0.3, 0.4) is 0 Å². The molecule has 0 radical (unpaired) electrons. The number of morpholine rings is 1. The van der Waals surface area contributed by atoms with Crippen molar-refractivity contribution in [1.82, 2.24) is 4.90 Å². The van der Waals surface area contributed by atoms with Crippen molar-refractivity contribution in [3.8, 4) is 0 Å². The number of hydrogen-bond donors (Lipinski definition) is 1. The van der Waals surface area contributed by atoms with Crippen LogP contribution in [0.2, 0.25) is 0 Å². The summed E-state index contributed by atoms with van der Waals surface area (Å²) in [6.07, 6.45) is 1.52. The Balaban J connectivity index is 1.45. The molecule has 1 amide bonds. The first kappa shape index (κ1) is 16.9. The Hall–Kier alpha value is -2.57. The average molecular weight is 353 g/mol. The summed E-state index contributed by atoms with van der Waals surface area (Å²) in [5.41, 5.74) is 2.84. The molecular weight excluding hydrogens is 333 g/mol. The van der Waals surface area contributed by atoms with E-state index in [1.807, 2.05) is 24.3 Å². The highest BCUT2D eigenvalue weighted by atomic mass is 19.1. The van der Waals surface area contributed by atoms with Gasteiger partial charge >= 0.3 is 0 Å². The molecule has 1 unspecified atom stereocenters. The van der Waals surface area contributed by atoms with Crippen LogP contribution in [0.4, 0.5) is 15.8 Å². The summed E-state index contributed by atoms with van der Waals surface area (Å²) in [7, 11) is 0. The first-order valence-corrected chi connectivity index (χ1v) is 8.73. The second-order valence-corrected chi connectivity index (χ2v) is 6.50. The highest BCUT2D eigenvalue weighted by molar-refractivity contribution is 6.12. The second kappa shape index (κ2) is 7.35. The van der Waals surface area contributed by atoms with Gasteiger partial charge in [-0.15, -0.1) is 0 Å². The SMILES string of the molecule is O=C1Nc2cccc(F)c2C1C=Nc1ccc(CN2CCOCC2)cc1. The van der Waals surface area contributed by atoms with Gasteiger partial charge in [0.25, 0.3) is 0 Å². The van der Waals surface area contributed by atoms with Gasteiger partial charge < -0.3 is 10.1 Å². The van der Waals surface area contributed by atoms with Gasteiger partial charge in [-0.25, -0.2) is 4.39 Å². The maximum atomic E-state index is 14.0. The van der Waals surface area contributed by atoms with E-state index in [0.717, 1.165) is 38.5 Å². The number of benzene rings is 2. The molecule has 2 aromatic carbocycles. The van der Waals surface area contributed by atoms with Crippen LogP contribution in [0.1, 0.15) is 17.0 Å². The maximum absolute atomic E-state index is 14.0. The minimum Gasteiger partial charge on any atom is -0.379 e. The number of aliphatic imine (C=N–C) groups is 1. The summed E-state index contributed by atoms with van der Waals surface area (Å²) >= 11 is 0. The number of anilines is 1. The molecule has 134 valence electrons. The lowest BCUT2D eigenvalue weighted by Crippen LogP contribution is -2.35. The predicted octanol–water partition coefficient (Wildman–Crippen LogP) is 3.10. The Morgan fingerprint density at radius 2 is 1.96 bits per heavy atom. The van der Waals surface area contributed by atoms with E-state index in [9.17, 15) is 9.18 Å². The van der Waals surface area contributed by atoms with Crippen molar-refractivity contribution in [2.45, 2.75) is 12.5 Å². The van der Waals surface area contributed by atoms with E-state index in [4.69, 9.17) is 4.74 Å². The van der Waals surface area contributed by atoms with Crippen LogP contribution < -0.4 is 5.32 Å². The lowest BCUT2D eigenvalue weighted by Gasteiger charge is -2.26. The number of amides is 1. The normalized spacial score (nSPS) is 20.3. The van der Waals surface area contributed by atoms with Crippen LogP contribution >= 0.6 is 0 Å². The fourth-order valence-electron chi connectivity index (χ4n) is 3.31. The Labute approximate surface area is 151 Å². The first-order valence-electron chi connectivity index (χ1n) is 8.73. The van der Waals surface area contributed by atoms with E-state index in [-0.39, 0.29) is 5.91 Å². The van der Waals surface area contributed by atoms with Crippen molar-refractivity contribution >= 4 is 23.5 Å². The molecule has 2 heterocycles. The van der Waals surface area contributed by atoms with Crippen LogP contribution in [0.5, 0.6) is 0 Å². The van der Waals surface area contributed by atoms with Gasteiger partial charge in [0, 0.05) is 37.1 Å². The Morgan fingerprint density at radius 3 is 2.73 bits per heavy atom. The molecule has 0 spiro atoms. The number of carbonyl (C=O) groups is 1. The van der Waals surface area contributed by atoms with E-state index in [2.05, 4.69) is 15.2 Å². The molecule has 1 fully saturated rings. The van der Waals surface area contributed by atoms with Crippen molar-refractivity contribution < 1.29 is 13.9 Å². The molecule has 0 aromatic heterocycles. The number of ether oxygens (including phenoxy) is 1. The summed E-state index contributed by atoms with van der Waals surface area (Å²) in [4.78, 5) is 18.8. The number of rotatable bonds is 4. The summed E-state index contributed by atoms with van der Waals surface area (Å²) in [6, 6.07) is 12.5. The van der Waals surface area contributed by atoms with Gasteiger partial charge in [0.1, 0.15) is 11.7 Å². The summed E-state index contributed by atoms with van der Waals surface area (Å²) < 4.78 is 19.4. The third-order valence-electron chi connectivity index (χ3n) is 4.72. The lowest BCUT2D eigenvalue weighted by molar-refractivity contribution is -0.115. The fourth-order valence-corrected chi connectivity index (χ4v) is 3.31. The van der Waals surface area contributed by atoms with E-state index < -0.39 is 11.7 Å². The highest BCUT2D eigenvalue weighted by Crippen LogP contribution is 2.33. The Bertz CT molecular complexity index is 829. The molecule has 1 saturated heterocycles. The average Bonchev–Trinajstić information content (AvgIpc) is 2.98. The monoisotopic (exact) mass is 353 g/mol.